The zero-order chi connectivity index (χ0) is 11.8. The molecule has 0 spiro atoms. The Morgan fingerprint density at radius 1 is 1.27 bits per heavy atom. The summed E-state index contributed by atoms with van der Waals surface area (Å²) in [5.74, 6) is 0. The lowest BCUT2D eigenvalue weighted by molar-refractivity contribution is -0.0384. The molecule has 1 atom stereocenters. The summed E-state index contributed by atoms with van der Waals surface area (Å²) in [6, 6.07) is 2.18. The van der Waals surface area contributed by atoms with Crippen LogP contribution in [0.2, 0.25) is 10.0 Å². The minimum absolute atomic E-state index is 0.0981. The van der Waals surface area contributed by atoms with Gasteiger partial charge in [-0.3, -0.25) is 0 Å². The minimum atomic E-state index is -4.84. The smallest absolute Gasteiger partial charge is 0.245 e. The standard InChI is InChI=1S/C7H2BrCl2F3OS/c8-5-3(9)1-2-4(6(5)10)15(14)7(11,12)13/h1-2H. The molecule has 0 aliphatic carbocycles. The first-order chi connectivity index (χ1) is 6.75. The van der Waals surface area contributed by atoms with Crippen LogP contribution in [0.4, 0.5) is 13.2 Å². The Morgan fingerprint density at radius 3 is 2.27 bits per heavy atom. The van der Waals surface area contributed by atoms with Gasteiger partial charge >= 0.3 is 5.51 Å². The van der Waals surface area contributed by atoms with E-state index in [0.29, 0.717) is 0 Å². The van der Waals surface area contributed by atoms with Crippen LogP contribution in [0.15, 0.2) is 21.5 Å². The van der Waals surface area contributed by atoms with E-state index in [9.17, 15) is 17.4 Å². The van der Waals surface area contributed by atoms with Crippen LogP contribution in [0.1, 0.15) is 0 Å². The molecule has 0 fully saturated rings. The van der Waals surface area contributed by atoms with Gasteiger partial charge in [-0.25, -0.2) is 4.21 Å². The van der Waals surface area contributed by atoms with Gasteiger partial charge in [0.2, 0.25) is 0 Å². The molecule has 1 nitrogen and oxygen atoms in total. The molecule has 1 aromatic rings. The molecule has 0 aliphatic rings. The van der Waals surface area contributed by atoms with Gasteiger partial charge in [0.15, 0.2) is 10.8 Å². The normalized spacial score (nSPS) is 14.0. The van der Waals surface area contributed by atoms with Crippen molar-refractivity contribution in [2.24, 2.45) is 0 Å². The molecule has 0 bridgehead atoms. The highest BCUT2D eigenvalue weighted by Gasteiger charge is 2.39. The molecule has 0 heterocycles. The molecule has 0 N–H and O–H groups in total. The highest BCUT2D eigenvalue weighted by Crippen LogP contribution is 2.38. The second-order valence-corrected chi connectivity index (χ2v) is 5.41. The maximum atomic E-state index is 12.1. The number of benzene rings is 1. The first kappa shape index (κ1) is 13.3. The lowest BCUT2D eigenvalue weighted by Crippen LogP contribution is -2.16. The molecular weight excluding hydrogens is 340 g/mol. The van der Waals surface area contributed by atoms with E-state index in [1.165, 1.54) is 6.07 Å². The summed E-state index contributed by atoms with van der Waals surface area (Å²) in [6.45, 7) is 0. The maximum Gasteiger partial charge on any atom is 0.475 e. The molecule has 0 aromatic heterocycles. The molecule has 1 aromatic carbocycles. The van der Waals surface area contributed by atoms with E-state index in [0.717, 1.165) is 6.07 Å². The van der Waals surface area contributed by atoms with E-state index >= 15 is 0 Å². The Kier molecular flexibility index (Phi) is 4.08. The van der Waals surface area contributed by atoms with Gasteiger partial charge in [0.05, 0.1) is 19.4 Å². The SMILES string of the molecule is O=S(c1ccc(Cl)c(Br)c1Cl)C(F)(F)F. The van der Waals surface area contributed by atoms with Crippen molar-refractivity contribution in [3.05, 3.63) is 26.7 Å². The second-order valence-electron chi connectivity index (χ2n) is 2.39. The van der Waals surface area contributed by atoms with Gasteiger partial charge in [-0.05, 0) is 28.1 Å². The van der Waals surface area contributed by atoms with Crippen molar-refractivity contribution in [1.29, 1.82) is 0 Å². The van der Waals surface area contributed by atoms with Crippen molar-refractivity contribution in [3.8, 4) is 0 Å². The van der Waals surface area contributed by atoms with Gasteiger partial charge in [0.25, 0.3) is 0 Å². The summed E-state index contributed by atoms with van der Waals surface area (Å²) < 4.78 is 47.5. The number of alkyl halides is 3. The Morgan fingerprint density at radius 2 is 1.80 bits per heavy atom. The number of rotatable bonds is 1. The molecule has 15 heavy (non-hydrogen) atoms. The molecular formula is C7H2BrCl2F3OS. The lowest BCUT2D eigenvalue weighted by atomic mass is 10.4. The highest BCUT2D eigenvalue weighted by molar-refractivity contribution is 9.10. The quantitative estimate of drug-likeness (QED) is 0.693. The fraction of sp³-hybridized carbons (Fsp3) is 0.143. The highest BCUT2D eigenvalue weighted by atomic mass is 79.9. The predicted octanol–water partition coefficient (Wildman–Crippen LogP) is 4.38. The number of hydrogen-bond acceptors (Lipinski definition) is 1. The van der Waals surface area contributed by atoms with Crippen LogP contribution in [0.25, 0.3) is 0 Å². The molecule has 1 unspecified atom stereocenters. The van der Waals surface area contributed by atoms with Crippen LogP contribution >= 0.6 is 39.1 Å². The van der Waals surface area contributed by atoms with E-state index in [1.54, 1.807) is 0 Å². The maximum absolute atomic E-state index is 12.1. The van der Waals surface area contributed by atoms with E-state index in [2.05, 4.69) is 15.9 Å². The molecule has 0 saturated carbocycles. The van der Waals surface area contributed by atoms with Crippen LogP contribution < -0.4 is 0 Å². The summed E-state index contributed by atoms with van der Waals surface area (Å²) in [5.41, 5.74) is -4.84. The van der Waals surface area contributed by atoms with E-state index < -0.39 is 21.2 Å². The Bertz CT molecular complexity index is 421. The van der Waals surface area contributed by atoms with Gasteiger partial charge in [0.1, 0.15) is 0 Å². The van der Waals surface area contributed by atoms with Crippen molar-refractivity contribution in [2.75, 3.05) is 0 Å². The van der Waals surface area contributed by atoms with Crippen molar-refractivity contribution in [1.82, 2.24) is 0 Å². The molecule has 84 valence electrons. The van der Waals surface area contributed by atoms with E-state index in [-0.39, 0.29) is 14.5 Å². The van der Waals surface area contributed by atoms with Crippen LogP contribution in [-0.2, 0) is 10.8 Å². The van der Waals surface area contributed by atoms with Gasteiger partial charge in [-0.15, -0.1) is 0 Å². The monoisotopic (exact) mass is 340 g/mol. The largest absolute Gasteiger partial charge is 0.475 e. The van der Waals surface area contributed by atoms with Gasteiger partial charge in [-0.2, -0.15) is 13.2 Å². The first-order valence-electron chi connectivity index (χ1n) is 3.37. The van der Waals surface area contributed by atoms with Crippen LogP contribution in [0.5, 0.6) is 0 Å². The third-order valence-electron chi connectivity index (χ3n) is 1.41. The Hall–Kier alpha value is 0.220. The summed E-state index contributed by atoms with van der Waals surface area (Å²) >= 11 is 14.1. The van der Waals surface area contributed by atoms with Crippen LogP contribution in [0, 0.1) is 0 Å². The predicted molar refractivity (Wildman–Crippen MR) is 56.6 cm³/mol. The van der Waals surface area contributed by atoms with E-state index in [4.69, 9.17) is 23.2 Å². The van der Waals surface area contributed by atoms with Crippen molar-refractivity contribution >= 4 is 49.9 Å². The topological polar surface area (TPSA) is 17.1 Å². The molecule has 0 radical (unpaired) electrons. The Labute approximate surface area is 104 Å². The fourth-order valence-electron chi connectivity index (χ4n) is 0.776. The first-order valence-corrected chi connectivity index (χ1v) is 6.07. The molecule has 1 rings (SSSR count). The second kappa shape index (κ2) is 4.61. The third kappa shape index (κ3) is 2.87. The van der Waals surface area contributed by atoms with Gasteiger partial charge in [0, 0.05) is 0 Å². The van der Waals surface area contributed by atoms with Crippen LogP contribution in [0.3, 0.4) is 0 Å². The van der Waals surface area contributed by atoms with Gasteiger partial charge in [-0.1, -0.05) is 23.2 Å². The number of hydrogen-bond donors (Lipinski definition) is 0. The van der Waals surface area contributed by atoms with Crippen molar-refractivity contribution < 1.29 is 17.4 Å². The minimum Gasteiger partial charge on any atom is -0.245 e. The summed E-state index contributed by atoms with van der Waals surface area (Å²) in [5, 5.41) is -0.138. The molecule has 8 heteroatoms. The zero-order valence-electron chi connectivity index (χ0n) is 6.74. The Balaban J connectivity index is 3.29. The molecule has 0 saturated heterocycles. The zero-order valence-corrected chi connectivity index (χ0v) is 10.7. The van der Waals surface area contributed by atoms with Crippen molar-refractivity contribution in [2.45, 2.75) is 10.4 Å². The number of halogens is 6. The van der Waals surface area contributed by atoms with Crippen molar-refractivity contribution in [3.63, 3.8) is 0 Å². The summed E-state index contributed by atoms with van der Waals surface area (Å²) in [4.78, 5) is -0.513. The average Bonchev–Trinajstić information content (AvgIpc) is 2.12. The summed E-state index contributed by atoms with van der Waals surface area (Å²) in [7, 11) is -3.15. The van der Waals surface area contributed by atoms with Gasteiger partial charge < -0.3 is 0 Å². The lowest BCUT2D eigenvalue weighted by Gasteiger charge is -2.09. The summed E-state index contributed by atoms with van der Waals surface area (Å²) in [6.07, 6.45) is 0. The van der Waals surface area contributed by atoms with E-state index in [1.807, 2.05) is 0 Å². The molecule has 0 amide bonds. The average molecular weight is 342 g/mol. The molecule has 0 aliphatic heterocycles. The van der Waals surface area contributed by atoms with Crippen LogP contribution in [-0.4, -0.2) is 9.72 Å². The fourth-order valence-corrected chi connectivity index (χ4v) is 2.54. The third-order valence-corrected chi connectivity index (χ3v) is 4.67.